The van der Waals surface area contributed by atoms with Gasteiger partial charge in [0.25, 0.3) is 5.91 Å². The Morgan fingerprint density at radius 2 is 1.75 bits per heavy atom. The van der Waals surface area contributed by atoms with Crippen molar-refractivity contribution in [1.82, 2.24) is 9.80 Å². The SMILES string of the molecule is O=C(C1CSCN1C(=O)c1cccc(Oc2ccccc2)c1)N1CCOCC1. The molecule has 4 rings (SSSR count). The number of hydrogen-bond donors (Lipinski definition) is 0. The van der Waals surface area contributed by atoms with Gasteiger partial charge in [-0.2, -0.15) is 0 Å². The minimum atomic E-state index is -0.422. The van der Waals surface area contributed by atoms with Crippen LogP contribution in [0.5, 0.6) is 11.5 Å². The Hall–Kier alpha value is -2.51. The molecule has 2 aliphatic rings. The molecular weight excluding hydrogens is 376 g/mol. The zero-order valence-corrected chi connectivity index (χ0v) is 16.3. The fourth-order valence-corrected chi connectivity index (χ4v) is 4.47. The summed E-state index contributed by atoms with van der Waals surface area (Å²) < 4.78 is 11.2. The minimum Gasteiger partial charge on any atom is -0.457 e. The van der Waals surface area contributed by atoms with E-state index in [9.17, 15) is 9.59 Å². The summed E-state index contributed by atoms with van der Waals surface area (Å²) >= 11 is 1.61. The molecule has 0 spiro atoms. The highest BCUT2D eigenvalue weighted by Crippen LogP contribution is 2.27. The van der Waals surface area contributed by atoms with Crippen LogP contribution in [0, 0.1) is 0 Å². The van der Waals surface area contributed by atoms with Crippen LogP contribution >= 0.6 is 11.8 Å². The second kappa shape index (κ2) is 8.67. The normalized spacial score (nSPS) is 19.5. The van der Waals surface area contributed by atoms with Crippen molar-refractivity contribution in [3.05, 3.63) is 60.2 Å². The van der Waals surface area contributed by atoms with Gasteiger partial charge in [0.15, 0.2) is 0 Å². The van der Waals surface area contributed by atoms with Crippen LogP contribution < -0.4 is 4.74 Å². The number of thioether (sulfide) groups is 1. The van der Waals surface area contributed by atoms with Gasteiger partial charge in [-0.15, -0.1) is 11.8 Å². The average molecular weight is 398 g/mol. The molecule has 2 fully saturated rings. The number of carbonyl (C=O) groups is 2. The number of hydrogen-bond acceptors (Lipinski definition) is 5. The molecule has 0 N–H and O–H groups in total. The molecule has 7 heteroatoms. The van der Waals surface area contributed by atoms with E-state index in [-0.39, 0.29) is 11.8 Å². The molecule has 0 saturated carbocycles. The molecule has 0 bridgehead atoms. The fraction of sp³-hybridized carbons (Fsp3) is 0.333. The number of rotatable bonds is 4. The molecule has 2 heterocycles. The van der Waals surface area contributed by atoms with E-state index in [2.05, 4.69) is 0 Å². The molecular formula is C21H22N2O4S. The summed E-state index contributed by atoms with van der Waals surface area (Å²) in [6.07, 6.45) is 0. The van der Waals surface area contributed by atoms with Crippen LogP contribution in [0.15, 0.2) is 54.6 Å². The highest BCUT2D eigenvalue weighted by atomic mass is 32.2. The van der Waals surface area contributed by atoms with Gasteiger partial charge < -0.3 is 19.3 Å². The highest BCUT2D eigenvalue weighted by molar-refractivity contribution is 7.99. The summed E-state index contributed by atoms with van der Waals surface area (Å²) in [7, 11) is 0. The second-order valence-corrected chi connectivity index (χ2v) is 7.67. The van der Waals surface area contributed by atoms with E-state index in [4.69, 9.17) is 9.47 Å². The predicted molar refractivity (Wildman–Crippen MR) is 108 cm³/mol. The lowest BCUT2D eigenvalue weighted by Crippen LogP contribution is -2.52. The van der Waals surface area contributed by atoms with Gasteiger partial charge in [0.1, 0.15) is 17.5 Å². The number of carbonyl (C=O) groups excluding carboxylic acids is 2. The summed E-state index contributed by atoms with van der Waals surface area (Å²) in [4.78, 5) is 29.5. The number of nitrogens with zero attached hydrogens (tertiary/aromatic N) is 2. The molecule has 0 aromatic heterocycles. The van der Waals surface area contributed by atoms with Crippen molar-refractivity contribution < 1.29 is 19.1 Å². The van der Waals surface area contributed by atoms with Crippen molar-refractivity contribution in [1.29, 1.82) is 0 Å². The summed E-state index contributed by atoms with van der Waals surface area (Å²) in [6.45, 7) is 2.28. The van der Waals surface area contributed by atoms with Gasteiger partial charge in [-0.3, -0.25) is 9.59 Å². The third-order valence-electron chi connectivity index (χ3n) is 4.81. The molecule has 2 saturated heterocycles. The Morgan fingerprint density at radius 1 is 1.00 bits per heavy atom. The van der Waals surface area contributed by atoms with Crippen molar-refractivity contribution in [3.63, 3.8) is 0 Å². The maximum absolute atomic E-state index is 13.1. The molecule has 1 unspecified atom stereocenters. The first-order valence-electron chi connectivity index (χ1n) is 9.30. The number of benzene rings is 2. The molecule has 0 aliphatic carbocycles. The Balaban J connectivity index is 1.48. The van der Waals surface area contributed by atoms with Crippen molar-refractivity contribution in [2.75, 3.05) is 37.9 Å². The Morgan fingerprint density at radius 3 is 2.54 bits per heavy atom. The largest absolute Gasteiger partial charge is 0.457 e. The molecule has 0 radical (unpaired) electrons. The first-order valence-corrected chi connectivity index (χ1v) is 10.5. The average Bonchev–Trinajstić information content (AvgIpc) is 3.24. The van der Waals surface area contributed by atoms with Crippen LogP contribution in [0.4, 0.5) is 0 Å². The standard InChI is InChI=1S/C21H22N2O4S/c24-20(16-5-4-8-18(13-16)27-17-6-2-1-3-7-17)23-15-28-14-19(23)21(25)22-9-11-26-12-10-22/h1-8,13,19H,9-12,14-15H2. The monoisotopic (exact) mass is 398 g/mol. The Kier molecular flexibility index (Phi) is 5.83. The van der Waals surface area contributed by atoms with E-state index in [1.165, 1.54) is 0 Å². The quantitative estimate of drug-likeness (QED) is 0.793. The van der Waals surface area contributed by atoms with Crippen molar-refractivity contribution in [2.24, 2.45) is 0 Å². The smallest absolute Gasteiger partial charge is 0.255 e. The molecule has 2 amide bonds. The number of para-hydroxylation sites is 1. The van der Waals surface area contributed by atoms with E-state index in [0.717, 1.165) is 0 Å². The second-order valence-electron chi connectivity index (χ2n) is 6.67. The molecule has 6 nitrogen and oxygen atoms in total. The summed E-state index contributed by atoms with van der Waals surface area (Å²) in [6, 6.07) is 16.1. The first kappa shape index (κ1) is 18.8. The van der Waals surface area contributed by atoms with Gasteiger partial charge in [0, 0.05) is 24.4 Å². The molecule has 2 aromatic carbocycles. The van der Waals surface area contributed by atoms with Crippen LogP contribution in [0.25, 0.3) is 0 Å². The molecule has 146 valence electrons. The van der Waals surface area contributed by atoms with Crippen molar-refractivity contribution >= 4 is 23.6 Å². The van der Waals surface area contributed by atoms with Gasteiger partial charge in [-0.05, 0) is 30.3 Å². The number of ether oxygens (including phenoxy) is 2. The summed E-state index contributed by atoms with van der Waals surface area (Å²) in [5, 5.41) is 0. The van der Waals surface area contributed by atoms with Crippen LogP contribution in [0.1, 0.15) is 10.4 Å². The maximum Gasteiger partial charge on any atom is 0.255 e. The highest BCUT2D eigenvalue weighted by Gasteiger charge is 2.37. The molecule has 28 heavy (non-hydrogen) atoms. The minimum absolute atomic E-state index is 0.0124. The van der Waals surface area contributed by atoms with Crippen molar-refractivity contribution in [3.8, 4) is 11.5 Å². The molecule has 2 aromatic rings. The summed E-state index contributed by atoms with van der Waals surface area (Å²) in [5.41, 5.74) is 0.524. The maximum atomic E-state index is 13.1. The zero-order valence-electron chi connectivity index (χ0n) is 15.5. The predicted octanol–water partition coefficient (Wildman–Crippen LogP) is 2.85. The van der Waals surface area contributed by atoms with E-state index in [1.54, 1.807) is 39.8 Å². The van der Waals surface area contributed by atoms with Gasteiger partial charge in [-0.1, -0.05) is 24.3 Å². The van der Waals surface area contributed by atoms with Gasteiger partial charge in [0.2, 0.25) is 5.91 Å². The first-order chi connectivity index (χ1) is 13.7. The number of morpholine rings is 1. The lowest BCUT2D eigenvalue weighted by molar-refractivity contribution is -0.138. The zero-order chi connectivity index (χ0) is 19.3. The summed E-state index contributed by atoms with van der Waals surface area (Å²) in [5.74, 6) is 2.32. The van der Waals surface area contributed by atoms with Crippen LogP contribution in [0.3, 0.4) is 0 Å². The molecule has 1 atom stereocenters. The van der Waals surface area contributed by atoms with Crippen LogP contribution in [-0.4, -0.2) is 65.6 Å². The fourth-order valence-electron chi connectivity index (χ4n) is 3.32. The van der Waals surface area contributed by atoms with Gasteiger partial charge in [-0.25, -0.2) is 0 Å². The van der Waals surface area contributed by atoms with Crippen molar-refractivity contribution in [2.45, 2.75) is 6.04 Å². The Bertz CT molecular complexity index is 839. The third kappa shape index (κ3) is 4.15. The van der Waals surface area contributed by atoms with Crippen LogP contribution in [0.2, 0.25) is 0 Å². The van der Waals surface area contributed by atoms with E-state index >= 15 is 0 Å². The Labute approximate surface area is 168 Å². The lowest BCUT2D eigenvalue weighted by Gasteiger charge is -2.32. The van der Waals surface area contributed by atoms with E-state index in [0.29, 0.717) is 55.0 Å². The number of amides is 2. The van der Waals surface area contributed by atoms with E-state index in [1.807, 2.05) is 36.4 Å². The van der Waals surface area contributed by atoms with E-state index < -0.39 is 6.04 Å². The van der Waals surface area contributed by atoms with Gasteiger partial charge in [0.05, 0.1) is 19.1 Å². The van der Waals surface area contributed by atoms with Crippen LogP contribution in [-0.2, 0) is 9.53 Å². The topological polar surface area (TPSA) is 59.1 Å². The lowest BCUT2D eigenvalue weighted by atomic mass is 10.1. The van der Waals surface area contributed by atoms with Gasteiger partial charge >= 0.3 is 0 Å². The third-order valence-corrected chi connectivity index (χ3v) is 5.82. The molecule has 2 aliphatic heterocycles.